The van der Waals surface area contributed by atoms with Crippen molar-refractivity contribution in [3.63, 3.8) is 0 Å². The van der Waals surface area contributed by atoms with E-state index in [-0.39, 0.29) is 66.1 Å². The van der Waals surface area contributed by atoms with Gasteiger partial charge < -0.3 is 67.5 Å². The Balaban J connectivity index is 1.05. The normalized spacial score (nSPS) is 21.5. The zero-order chi connectivity index (χ0) is 65.2. The fourth-order valence-electron chi connectivity index (χ4n) is 11.0. The van der Waals surface area contributed by atoms with Crippen LogP contribution in [0.2, 0.25) is 0 Å². The lowest BCUT2D eigenvalue weighted by atomic mass is 9.95. The molecule has 2 fully saturated rings. The number of esters is 1. The number of carbonyl (C=O) groups excluding carboxylic acids is 3. The van der Waals surface area contributed by atoms with Crippen LogP contribution in [0.4, 0.5) is 4.79 Å². The van der Waals surface area contributed by atoms with Crippen molar-refractivity contribution in [2.45, 2.75) is 153 Å². The third-order valence-corrected chi connectivity index (χ3v) is 15.6. The molecule has 0 unspecified atom stereocenters. The number of alkyl carbamates (subject to hydrolysis) is 1. The summed E-state index contributed by atoms with van der Waals surface area (Å²) < 4.78 is 82.3. The second-order valence-corrected chi connectivity index (χ2v) is 24.1. The van der Waals surface area contributed by atoms with Gasteiger partial charge in [0, 0.05) is 0 Å². The molecule has 10 rings (SSSR count). The van der Waals surface area contributed by atoms with Crippen molar-refractivity contribution in [2.24, 2.45) is 0 Å². The second-order valence-electron chi connectivity index (χ2n) is 24.1. The molecule has 8 aromatic carbocycles. The van der Waals surface area contributed by atoms with Crippen molar-refractivity contribution in [3.8, 4) is 0 Å². The number of ether oxygens (including phenoxy) is 12. The Kier molecular flexibility index (Phi) is 26.0. The van der Waals surface area contributed by atoms with E-state index in [1.165, 1.54) is 0 Å². The van der Waals surface area contributed by atoms with Crippen molar-refractivity contribution in [1.82, 2.24) is 10.6 Å². The molecule has 8 aromatic rings. The van der Waals surface area contributed by atoms with E-state index in [0.29, 0.717) is 5.56 Å². The Morgan fingerprint density at radius 3 is 1.12 bits per heavy atom. The summed E-state index contributed by atoms with van der Waals surface area (Å²) in [5.41, 5.74) is 6.01. The molecule has 0 bridgehead atoms. The number of rotatable bonds is 32. The van der Waals surface area contributed by atoms with E-state index >= 15 is 0 Å². The van der Waals surface area contributed by atoms with Gasteiger partial charge in [0.25, 0.3) is 0 Å². The van der Waals surface area contributed by atoms with Gasteiger partial charge in [-0.25, -0.2) is 9.59 Å². The number of hydrogen-bond donors (Lipinski definition) is 2. The molecule has 0 spiro atoms. The van der Waals surface area contributed by atoms with E-state index in [4.69, 9.17) is 56.8 Å². The van der Waals surface area contributed by atoms with Gasteiger partial charge in [0.2, 0.25) is 5.91 Å². The van der Waals surface area contributed by atoms with Gasteiger partial charge >= 0.3 is 12.1 Å². The molecular weight excluding hydrogens is 1190 g/mol. The quantitative estimate of drug-likeness (QED) is 0.0379. The average Bonchev–Trinajstić information content (AvgIpc) is 0.779. The van der Waals surface area contributed by atoms with Crippen molar-refractivity contribution < 1.29 is 71.2 Å². The third kappa shape index (κ3) is 21.6. The summed E-state index contributed by atoms with van der Waals surface area (Å²) in [6.45, 7) is 5.94. The Morgan fingerprint density at radius 1 is 0.394 bits per heavy atom. The fourth-order valence-corrected chi connectivity index (χ4v) is 11.0. The predicted octanol–water partition coefficient (Wildman–Crippen LogP) is 12.3. The van der Waals surface area contributed by atoms with E-state index in [1.54, 1.807) is 32.9 Å². The molecular formula is C77H84N2O15. The molecule has 11 atom stereocenters. The van der Waals surface area contributed by atoms with Crippen LogP contribution < -0.4 is 10.6 Å². The zero-order valence-corrected chi connectivity index (χ0v) is 53.3. The largest absolute Gasteiger partial charge is 0.459 e. The first kappa shape index (κ1) is 68.4. The van der Waals surface area contributed by atoms with Gasteiger partial charge in [-0.3, -0.25) is 4.79 Å². The molecule has 2 N–H and O–H groups in total. The van der Waals surface area contributed by atoms with Crippen molar-refractivity contribution in [2.75, 3.05) is 13.2 Å². The molecule has 0 aliphatic carbocycles. The van der Waals surface area contributed by atoms with Gasteiger partial charge in [-0.2, -0.15) is 0 Å². The van der Waals surface area contributed by atoms with Gasteiger partial charge in [-0.1, -0.05) is 243 Å². The van der Waals surface area contributed by atoms with Gasteiger partial charge in [0.15, 0.2) is 12.5 Å². The van der Waals surface area contributed by atoms with Gasteiger partial charge in [0.1, 0.15) is 67.1 Å². The summed E-state index contributed by atoms with van der Waals surface area (Å²) in [5.74, 6) is -1.57. The minimum absolute atomic E-state index is 0.0301. The van der Waals surface area contributed by atoms with E-state index < -0.39 is 97.4 Å². The molecule has 0 saturated carbocycles. The van der Waals surface area contributed by atoms with E-state index in [9.17, 15) is 14.4 Å². The van der Waals surface area contributed by atoms with E-state index in [1.807, 2.05) is 231 Å². The van der Waals surface area contributed by atoms with E-state index in [0.717, 1.165) is 38.9 Å². The van der Waals surface area contributed by atoms with Crippen LogP contribution in [0.25, 0.3) is 0 Å². The molecule has 2 amide bonds. The van der Waals surface area contributed by atoms with Gasteiger partial charge in [-0.05, 0) is 65.3 Å². The summed E-state index contributed by atoms with van der Waals surface area (Å²) in [5, 5.41) is 5.64. The second kappa shape index (κ2) is 35.7. The predicted molar refractivity (Wildman–Crippen MR) is 352 cm³/mol. The Labute approximate surface area is 550 Å². The van der Waals surface area contributed by atoms with Gasteiger partial charge in [0.05, 0.1) is 65.9 Å². The van der Waals surface area contributed by atoms with Crippen LogP contribution in [0.1, 0.15) is 71.7 Å². The molecule has 2 heterocycles. The number of nitrogens with one attached hydrogen (secondary N) is 2. The number of hydrogen-bond acceptors (Lipinski definition) is 15. The Hall–Kier alpha value is -8.43. The highest BCUT2D eigenvalue weighted by atomic mass is 16.7. The maximum Gasteiger partial charge on any atom is 0.408 e. The summed E-state index contributed by atoms with van der Waals surface area (Å²) in [7, 11) is 0. The lowest BCUT2D eigenvalue weighted by Gasteiger charge is -2.50. The lowest BCUT2D eigenvalue weighted by molar-refractivity contribution is -0.364. The zero-order valence-electron chi connectivity index (χ0n) is 53.3. The Morgan fingerprint density at radius 2 is 0.723 bits per heavy atom. The van der Waals surface area contributed by atoms with Crippen LogP contribution in [0.3, 0.4) is 0 Å². The topological polar surface area (TPSA) is 186 Å². The molecule has 2 aliphatic rings. The lowest BCUT2D eigenvalue weighted by Crippen LogP contribution is -2.68. The summed E-state index contributed by atoms with van der Waals surface area (Å²) in [4.78, 5) is 42.5. The average molecular weight is 1280 g/mol. The van der Waals surface area contributed by atoms with Crippen LogP contribution in [0.5, 0.6) is 0 Å². The standard InChI is InChI=1S/C77H84N2O15/c1-77(2,3)94-76(82)78-63(74(81)90-52-62-42-26-11-27-43-62)44-66(80)79-73-71(88-50-60-38-22-9-23-39-60)70(87-49-59-36-20-8-21-37-59)68(65(91-73)54-84-46-56-30-14-5-15-31-56)93-75-72(89-51-61-40-24-10-25-41-61)69(86-48-58-34-18-7-19-35-58)67(85-47-57-32-16-6-17-33-57)64(92-75)53-83-45-55-28-12-4-13-29-55/h4-43,63-65,67-73,75H,44-54H2,1-3H3,(H,78,82)(H,79,80)/t63-,64+,65+,67-,68+,69-,70-,71+,72+,73+,75-/m0/s1. The highest BCUT2D eigenvalue weighted by molar-refractivity contribution is 5.88. The van der Waals surface area contributed by atoms with Crippen molar-refractivity contribution in [1.29, 1.82) is 0 Å². The van der Waals surface area contributed by atoms with Crippen LogP contribution in [-0.2, 0) is 119 Å². The minimum atomic E-state index is -1.50. The Bertz CT molecular complexity index is 3470. The maximum absolute atomic E-state index is 15.0. The molecule has 17 heteroatoms. The maximum atomic E-state index is 15.0. The first-order valence-electron chi connectivity index (χ1n) is 31.9. The van der Waals surface area contributed by atoms with Crippen LogP contribution >= 0.6 is 0 Å². The van der Waals surface area contributed by atoms with Crippen LogP contribution in [0.15, 0.2) is 243 Å². The molecule has 94 heavy (non-hydrogen) atoms. The number of carbonyl (C=O) groups is 3. The minimum Gasteiger partial charge on any atom is -0.459 e. The van der Waals surface area contributed by atoms with Crippen LogP contribution in [-0.4, -0.2) is 104 Å². The SMILES string of the molecule is CC(C)(C)OC(=O)N[C@@H](CC(=O)N[C@@H]1O[C@H](COCc2ccccc2)[C@@H](O[C@@H]2O[C@H](COCc3ccccc3)[C@H](OCc3ccccc3)[C@H](OCc3ccccc3)[C@H]2OCc2ccccc2)[C@H](OCc2ccccc2)[C@H]1OCc1ccccc1)C(=O)OCc1ccccc1. The highest BCUT2D eigenvalue weighted by Gasteiger charge is 2.55. The molecule has 492 valence electrons. The van der Waals surface area contributed by atoms with Crippen molar-refractivity contribution in [3.05, 3.63) is 287 Å². The number of benzene rings is 8. The fraction of sp³-hybridized carbons (Fsp3) is 0.338. The van der Waals surface area contributed by atoms with Crippen LogP contribution in [0, 0.1) is 0 Å². The molecule has 2 aliphatic heterocycles. The smallest absolute Gasteiger partial charge is 0.408 e. The first-order chi connectivity index (χ1) is 46.0. The molecule has 0 radical (unpaired) electrons. The molecule has 17 nitrogen and oxygen atoms in total. The van der Waals surface area contributed by atoms with Crippen molar-refractivity contribution >= 4 is 18.0 Å². The first-order valence-corrected chi connectivity index (χ1v) is 31.9. The monoisotopic (exact) mass is 1280 g/mol. The van der Waals surface area contributed by atoms with Gasteiger partial charge in [-0.15, -0.1) is 0 Å². The van der Waals surface area contributed by atoms with E-state index in [2.05, 4.69) is 10.6 Å². The molecule has 0 aromatic heterocycles. The third-order valence-electron chi connectivity index (χ3n) is 15.6. The molecule has 2 saturated heterocycles. The summed E-state index contributed by atoms with van der Waals surface area (Å²) in [6.07, 6.45) is -12.1. The highest BCUT2D eigenvalue weighted by Crippen LogP contribution is 2.37. The summed E-state index contributed by atoms with van der Waals surface area (Å²) in [6, 6.07) is 76.0. The number of amides is 2. The summed E-state index contributed by atoms with van der Waals surface area (Å²) >= 11 is 0.